The van der Waals surface area contributed by atoms with Gasteiger partial charge in [0.2, 0.25) is 5.91 Å². The van der Waals surface area contributed by atoms with Crippen LogP contribution in [0.1, 0.15) is 22.5 Å². The third-order valence-corrected chi connectivity index (χ3v) is 4.42. The standard InChI is InChI=1S/C17H21N3O2S/c1-10-6-7-15(22-5)14(8-10)20-16(21)9-23-17-18-12(3)11(2)13(4)19-17/h6-8H,9H2,1-5H3,(H,20,21). The van der Waals surface area contributed by atoms with Crippen LogP contribution < -0.4 is 10.1 Å². The van der Waals surface area contributed by atoms with Crippen LogP contribution in [0.3, 0.4) is 0 Å². The highest BCUT2D eigenvalue weighted by molar-refractivity contribution is 7.99. The normalized spacial score (nSPS) is 10.5. The summed E-state index contributed by atoms with van der Waals surface area (Å²) in [5.41, 5.74) is 4.71. The highest BCUT2D eigenvalue weighted by atomic mass is 32.2. The zero-order valence-corrected chi connectivity index (χ0v) is 14.9. The Kier molecular flexibility index (Phi) is 5.60. The van der Waals surface area contributed by atoms with E-state index >= 15 is 0 Å². The third-order valence-electron chi connectivity index (χ3n) is 3.57. The maximum atomic E-state index is 12.2. The summed E-state index contributed by atoms with van der Waals surface area (Å²) < 4.78 is 5.26. The lowest BCUT2D eigenvalue weighted by Gasteiger charge is -2.11. The fourth-order valence-electron chi connectivity index (χ4n) is 2.04. The molecule has 0 spiro atoms. The molecule has 1 N–H and O–H groups in total. The van der Waals surface area contributed by atoms with E-state index in [1.54, 1.807) is 7.11 Å². The van der Waals surface area contributed by atoms with Gasteiger partial charge in [-0.25, -0.2) is 9.97 Å². The molecular formula is C17H21N3O2S. The zero-order chi connectivity index (χ0) is 17.0. The highest BCUT2D eigenvalue weighted by Gasteiger charge is 2.11. The van der Waals surface area contributed by atoms with Crippen molar-refractivity contribution >= 4 is 23.4 Å². The molecule has 1 aromatic heterocycles. The number of nitrogens with one attached hydrogen (secondary N) is 1. The van der Waals surface area contributed by atoms with Gasteiger partial charge in [-0.3, -0.25) is 4.79 Å². The SMILES string of the molecule is COc1ccc(C)cc1NC(=O)CSc1nc(C)c(C)c(C)n1. The van der Waals surface area contributed by atoms with Crippen LogP contribution in [0.5, 0.6) is 5.75 Å². The first-order valence-electron chi connectivity index (χ1n) is 7.30. The van der Waals surface area contributed by atoms with Gasteiger partial charge in [-0.05, 0) is 51.0 Å². The smallest absolute Gasteiger partial charge is 0.234 e. The van der Waals surface area contributed by atoms with E-state index in [1.165, 1.54) is 11.8 Å². The Morgan fingerprint density at radius 1 is 1.17 bits per heavy atom. The summed E-state index contributed by atoms with van der Waals surface area (Å²) in [4.78, 5) is 21.0. The molecule has 2 rings (SSSR count). The summed E-state index contributed by atoms with van der Waals surface area (Å²) in [7, 11) is 1.58. The molecule has 122 valence electrons. The second-order valence-corrected chi connectivity index (χ2v) is 6.29. The molecule has 2 aromatic rings. The average molecular weight is 331 g/mol. The van der Waals surface area contributed by atoms with Crippen molar-refractivity contribution in [3.8, 4) is 5.75 Å². The number of thioether (sulfide) groups is 1. The number of benzene rings is 1. The molecule has 1 aromatic carbocycles. The molecule has 0 atom stereocenters. The summed E-state index contributed by atoms with van der Waals surface area (Å²) in [6.45, 7) is 7.86. The van der Waals surface area contributed by atoms with Crippen LogP contribution in [-0.2, 0) is 4.79 Å². The molecule has 5 nitrogen and oxygen atoms in total. The molecule has 0 saturated carbocycles. The quantitative estimate of drug-likeness (QED) is 0.671. The first-order chi connectivity index (χ1) is 10.9. The first kappa shape index (κ1) is 17.3. The lowest BCUT2D eigenvalue weighted by atomic mass is 10.2. The molecule has 0 radical (unpaired) electrons. The van der Waals surface area contributed by atoms with E-state index < -0.39 is 0 Å². The van der Waals surface area contributed by atoms with Crippen LogP contribution in [-0.4, -0.2) is 28.7 Å². The molecule has 1 heterocycles. The van der Waals surface area contributed by atoms with Crippen LogP contribution in [0.15, 0.2) is 23.4 Å². The van der Waals surface area contributed by atoms with Gasteiger partial charge in [0, 0.05) is 11.4 Å². The van der Waals surface area contributed by atoms with E-state index in [-0.39, 0.29) is 11.7 Å². The second-order valence-electron chi connectivity index (χ2n) is 5.34. The number of aryl methyl sites for hydroxylation is 3. The van der Waals surface area contributed by atoms with Crippen molar-refractivity contribution in [1.82, 2.24) is 9.97 Å². The molecule has 0 aliphatic rings. The summed E-state index contributed by atoms with van der Waals surface area (Å²) in [5, 5.41) is 3.49. The highest BCUT2D eigenvalue weighted by Crippen LogP contribution is 2.25. The fourth-order valence-corrected chi connectivity index (χ4v) is 2.78. The lowest BCUT2D eigenvalue weighted by Crippen LogP contribution is -2.15. The van der Waals surface area contributed by atoms with Gasteiger partial charge >= 0.3 is 0 Å². The Morgan fingerprint density at radius 2 is 1.83 bits per heavy atom. The predicted molar refractivity (Wildman–Crippen MR) is 93.3 cm³/mol. The topological polar surface area (TPSA) is 64.1 Å². The van der Waals surface area contributed by atoms with Crippen molar-refractivity contribution in [1.29, 1.82) is 0 Å². The Balaban J connectivity index is 2.02. The fraction of sp³-hybridized carbons (Fsp3) is 0.353. The van der Waals surface area contributed by atoms with Crippen molar-refractivity contribution in [3.05, 3.63) is 40.7 Å². The van der Waals surface area contributed by atoms with Crippen LogP contribution in [0.4, 0.5) is 5.69 Å². The Labute approximate surface area is 140 Å². The van der Waals surface area contributed by atoms with Crippen LogP contribution in [0.2, 0.25) is 0 Å². The third kappa shape index (κ3) is 4.45. The number of aromatic nitrogens is 2. The number of ether oxygens (including phenoxy) is 1. The lowest BCUT2D eigenvalue weighted by molar-refractivity contribution is -0.113. The monoisotopic (exact) mass is 331 g/mol. The van der Waals surface area contributed by atoms with Gasteiger partial charge in [-0.2, -0.15) is 0 Å². The van der Waals surface area contributed by atoms with E-state index in [0.29, 0.717) is 16.6 Å². The van der Waals surface area contributed by atoms with Gasteiger partial charge < -0.3 is 10.1 Å². The van der Waals surface area contributed by atoms with E-state index in [1.807, 2.05) is 45.9 Å². The van der Waals surface area contributed by atoms with Crippen molar-refractivity contribution in [2.45, 2.75) is 32.9 Å². The molecule has 1 amide bonds. The summed E-state index contributed by atoms with van der Waals surface area (Å²) in [6.07, 6.45) is 0. The maximum absolute atomic E-state index is 12.2. The minimum absolute atomic E-state index is 0.113. The second kappa shape index (κ2) is 7.46. The van der Waals surface area contributed by atoms with Crippen LogP contribution in [0, 0.1) is 27.7 Å². The van der Waals surface area contributed by atoms with E-state index in [4.69, 9.17) is 4.74 Å². The summed E-state index contributed by atoms with van der Waals surface area (Å²) in [6, 6.07) is 5.67. The molecule has 0 fully saturated rings. The number of rotatable bonds is 5. The maximum Gasteiger partial charge on any atom is 0.234 e. The Hall–Kier alpha value is -2.08. The van der Waals surface area contributed by atoms with Crippen molar-refractivity contribution in [2.75, 3.05) is 18.2 Å². The molecule has 0 aliphatic carbocycles. The van der Waals surface area contributed by atoms with Gasteiger partial charge in [0.05, 0.1) is 18.6 Å². The number of anilines is 1. The van der Waals surface area contributed by atoms with E-state index in [9.17, 15) is 4.79 Å². The van der Waals surface area contributed by atoms with E-state index in [2.05, 4.69) is 15.3 Å². The van der Waals surface area contributed by atoms with Gasteiger partial charge in [0.15, 0.2) is 5.16 Å². The van der Waals surface area contributed by atoms with Gasteiger partial charge in [-0.1, -0.05) is 17.8 Å². The predicted octanol–water partition coefficient (Wildman–Crippen LogP) is 3.45. The van der Waals surface area contributed by atoms with Crippen molar-refractivity contribution in [2.24, 2.45) is 0 Å². The molecule has 0 bridgehead atoms. The van der Waals surface area contributed by atoms with Crippen LogP contribution in [0.25, 0.3) is 0 Å². The first-order valence-corrected chi connectivity index (χ1v) is 8.28. The van der Waals surface area contributed by atoms with Crippen LogP contribution >= 0.6 is 11.8 Å². The summed E-state index contributed by atoms with van der Waals surface area (Å²) >= 11 is 1.33. The molecule has 6 heteroatoms. The number of methoxy groups -OCH3 is 1. The number of nitrogens with zero attached hydrogens (tertiary/aromatic N) is 2. The minimum Gasteiger partial charge on any atom is -0.495 e. The van der Waals surface area contributed by atoms with Gasteiger partial charge in [0.1, 0.15) is 5.75 Å². The van der Waals surface area contributed by atoms with Gasteiger partial charge in [-0.15, -0.1) is 0 Å². The number of hydrogen-bond acceptors (Lipinski definition) is 5. The number of hydrogen-bond donors (Lipinski definition) is 1. The molecule has 0 aliphatic heterocycles. The average Bonchev–Trinajstić information content (AvgIpc) is 2.50. The number of amides is 1. The Morgan fingerprint density at radius 3 is 2.43 bits per heavy atom. The minimum atomic E-state index is -0.113. The number of carbonyl (C=O) groups is 1. The van der Waals surface area contributed by atoms with Crippen molar-refractivity contribution in [3.63, 3.8) is 0 Å². The largest absolute Gasteiger partial charge is 0.495 e. The van der Waals surface area contributed by atoms with E-state index in [0.717, 1.165) is 22.5 Å². The van der Waals surface area contributed by atoms with Gasteiger partial charge in [0.25, 0.3) is 0 Å². The summed E-state index contributed by atoms with van der Waals surface area (Å²) in [5.74, 6) is 0.782. The zero-order valence-electron chi connectivity index (χ0n) is 14.1. The Bertz CT molecular complexity index is 709. The molecular weight excluding hydrogens is 310 g/mol. The molecule has 0 saturated heterocycles. The van der Waals surface area contributed by atoms with Crippen molar-refractivity contribution < 1.29 is 9.53 Å². The molecule has 23 heavy (non-hydrogen) atoms. The number of carbonyl (C=O) groups excluding carboxylic acids is 1. The molecule has 0 unspecified atom stereocenters.